The van der Waals surface area contributed by atoms with Crippen LogP contribution in [0, 0.1) is 11.3 Å². The molecule has 196 valence electrons. The number of nitrogens with zero attached hydrogens (tertiary/aromatic N) is 3. The molecule has 2 aromatic rings. The van der Waals surface area contributed by atoms with Gasteiger partial charge in [-0.1, -0.05) is 20.8 Å². The third-order valence-electron chi connectivity index (χ3n) is 5.87. The van der Waals surface area contributed by atoms with Crippen LogP contribution in [0.3, 0.4) is 0 Å². The monoisotopic (exact) mass is 519 g/mol. The molecule has 13 heteroatoms. The number of halogens is 3. The molecule has 1 fully saturated rings. The van der Waals surface area contributed by atoms with E-state index in [2.05, 4.69) is 15.0 Å². The summed E-state index contributed by atoms with van der Waals surface area (Å²) in [5, 5.41) is 2.64. The zero-order valence-corrected chi connectivity index (χ0v) is 21.1. The van der Waals surface area contributed by atoms with Gasteiger partial charge in [0.15, 0.2) is 0 Å². The Kier molecular flexibility index (Phi) is 8.02. The van der Waals surface area contributed by atoms with Gasteiger partial charge in [-0.25, -0.2) is 4.98 Å². The maximum absolute atomic E-state index is 13.7. The average Bonchev–Trinajstić information content (AvgIpc) is 3.14. The highest BCUT2D eigenvalue weighted by Gasteiger charge is 2.38. The van der Waals surface area contributed by atoms with Gasteiger partial charge >= 0.3 is 16.4 Å². The van der Waals surface area contributed by atoms with Crippen LogP contribution in [0.4, 0.5) is 18.9 Å². The standard InChI is InChI=1S/C22H32F3N5O4S/c1-21(2,3)20(31)26-9-10-27-35(32,33)29(4)16-5-6-18-17(13-16)28-19(22(23,24)25)30(18)14-15-7-11-34-12-8-15/h5-6,13,15,27H,7-12,14H2,1-4H3,(H,26,31). The van der Waals surface area contributed by atoms with E-state index in [-0.39, 0.29) is 48.2 Å². The number of hydrogen-bond donors (Lipinski definition) is 2. The maximum Gasteiger partial charge on any atom is 0.449 e. The number of hydrogen-bond acceptors (Lipinski definition) is 5. The number of carbonyl (C=O) groups excluding carboxylic acids is 1. The number of carbonyl (C=O) groups is 1. The van der Waals surface area contributed by atoms with Crippen molar-refractivity contribution >= 4 is 32.8 Å². The quantitative estimate of drug-likeness (QED) is 0.522. The van der Waals surface area contributed by atoms with Gasteiger partial charge in [0.05, 0.1) is 16.7 Å². The molecular weight excluding hydrogens is 487 g/mol. The molecular formula is C22H32F3N5O4S. The van der Waals surface area contributed by atoms with Crippen LogP contribution in [-0.2, 0) is 32.5 Å². The van der Waals surface area contributed by atoms with E-state index in [4.69, 9.17) is 4.74 Å². The van der Waals surface area contributed by atoms with Crippen molar-refractivity contribution in [3.63, 3.8) is 0 Å². The summed E-state index contributed by atoms with van der Waals surface area (Å²) in [5.74, 6) is -1.19. The minimum absolute atomic E-state index is 0.0351. The van der Waals surface area contributed by atoms with Gasteiger partial charge in [-0.15, -0.1) is 0 Å². The van der Waals surface area contributed by atoms with Crippen LogP contribution in [0.1, 0.15) is 39.4 Å². The number of imidazole rings is 1. The molecule has 1 aromatic carbocycles. The van der Waals surface area contributed by atoms with E-state index in [1.54, 1.807) is 20.8 Å². The summed E-state index contributed by atoms with van der Waals surface area (Å²) in [6, 6.07) is 4.23. The number of amides is 1. The van der Waals surface area contributed by atoms with Gasteiger partial charge < -0.3 is 14.6 Å². The molecule has 0 unspecified atom stereocenters. The molecule has 1 aromatic heterocycles. The molecule has 2 heterocycles. The summed E-state index contributed by atoms with van der Waals surface area (Å²) in [5.41, 5.74) is -0.0973. The van der Waals surface area contributed by atoms with E-state index in [0.29, 0.717) is 26.1 Å². The molecule has 0 bridgehead atoms. The predicted octanol–water partition coefficient (Wildman–Crippen LogP) is 2.91. The summed E-state index contributed by atoms with van der Waals surface area (Å²) < 4.78 is 76.4. The van der Waals surface area contributed by atoms with E-state index in [0.717, 1.165) is 4.31 Å². The number of alkyl halides is 3. The Balaban J connectivity index is 1.78. The number of rotatable bonds is 8. The zero-order chi connectivity index (χ0) is 26.0. The highest BCUT2D eigenvalue weighted by atomic mass is 32.2. The summed E-state index contributed by atoms with van der Waals surface area (Å²) >= 11 is 0. The number of fused-ring (bicyclic) bond motifs is 1. The van der Waals surface area contributed by atoms with Crippen molar-refractivity contribution in [2.45, 2.75) is 46.3 Å². The van der Waals surface area contributed by atoms with Gasteiger partial charge in [0.25, 0.3) is 0 Å². The highest BCUT2D eigenvalue weighted by molar-refractivity contribution is 7.90. The van der Waals surface area contributed by atoms with Crippen LogP contribution in [0.2, 0.25) is 0 Å². The summed E-state index contributed by atoms with van der Waals surface area (Å²) in [6.07, 6.45) is -3.32. The first kappa shape index (κ1) is 27.2. The van der Waals surface area contributed by atoms with Crippen LogP contribution in [0.5, 0.6) is 0 Å². The molecule has 3 rings (SSSR count). The van der Waals surface area contributed by atoms with Crippen molar-refractivity contribution in [1.29, 1.82) is 0 Å². The van der Waals surface area contributed by atoms with Gasteiger partial charge in [-0.3, -0.25) is 9.10 Å². The largest absolute Gasteiger partial charge is 0.449 e. The Labute approximate surface area is 203 Å². The van der Waals surface area contributed by atoms with Gasteiger partial charge in [0, 0.05) is 45.3 Å². The van der Waals surface area contributed by atoms with Gasteiger partial charge in [0.1, 0.15) is 0 Å². The first-order chi connectivity index (χ1) is 16.2. The van der Waals surface area contributed by atoms with Crippen LogP contribution in [0.15, 0.2) is 18.2 Å². The topological polar surface area (TPSA) is 106 Å². The first-order valence-electron chi connectivity index (χ1n) is 11.4. The summed E-state index contributed by atoms with van der Waals surface area (Å²) in [7, 11) is -2.72. The fourth-order valence-corrected chi connectivity index (χ4v) is 4.70. The smallest absolute Gasteiger partial charge is 0.381 e. The lowest BCUT2D eigenvalue weighted by Crippen LogP contribution is -2.43. The van der Waals surface area contributed by atoms with Crippen molar-refractivity contribution in [1.82, 2.24) is 19.6 Å². The Hall–Kier alpha value is -2.38. The summed E-state index contributed by atoms with van der Waals surface area (Å²) in [6.45, 7) is 6.45. The van der Waals surface area contributed by atoms with E-state index >= 15 is 0 Å². The summed E-state index contributed by atoms with van der Waals surface area (Å²) in [4.78, 5) is 15.7. The van der Waals surface area contributed by atoms with Crippen molar-refractivity contribution in [3.8, 4) is 0 Å². The van der Waals surface area contributed by atoms with Crippen LogP contribution >= 0.6 is 0 Å². The molecule has 0 spiro atoms. The van der Waals surface area contributed by atoms with Gasteiger partial charge in [-0.2, -0.15) is 26.3 Å². The fourth-order valence-electron chi connectivity index (χ4n) is 3.76. The highest BCUT2D eigenvalue weighted by Crippen LogP contribution is 2.34. The molecule has 2 N–H and O–H groups in total. The average molecular weight is 520 g/mol. The van der Waals surface area contributed by atoms with E-state index in [1.165, 1.54) is 29.8 Å². The molecule has 1 aliphatic rings. The lowest BCUT2D eigenvalue weighted by atomic mass is 9.96. The van der Waals surface area contributed by atoms with Gasteiger partial charge in [0.2, 0.25) is 11.7 Å². The third kappa shape index (κ3) is 6.64. The molecule has 1 aliphatic heterocycles. The molecule has 35 heavy (non-hydrogen) atoms. The van der Waals surface area contributed by atoms with E-state index in [1.807, 2.05) is 0 Å². The SMILES string of the molecule is CN(c1ccc2c(c1)nc(C(F)(F)F)n2CC1CCOCC1)S(=O)(=O)NCCNC(=O)C(C)(C)C. The van der Waals surface area contributed by atoms with Crippen LogP contribution in [-0.4, -0.2) is 57.2 Å². The molecule has 0 aliphatic carbocycles. The van der Waals surface area contributed by atoms with Crippen molar-refractivity contribution in [3.05, 3.63) is 24.0 Å². The van der Waals surface area contributed by atoms with Crippen molar-refractivity contribution in [2.24, 2.45) is 11.3 Å². The zero-order valence-electron chi connectivity index (χ0n) is 20.3. The Morgan fingerprint density at radius 1 is 1.20 bits per heavy atom. The normalized spacial score (nSPS) is 16.0. The predicted molar refractivity (Wildman–Crippen MR) is 126 cm³/mol. The lowest BCUT2D eigenvalue weighted by Gasteiger charge is -2.24. The van der Waals surface area contributed by atoms with E-state index in [9.17, 15) is 26.4 Å². The van der Waals surface area contributed by atoms with Crippen molar-refractivity contribution in [2.75, 3.05) is 37.7 Å². The first-order valence-corrected chi connectivity index (χ1v) is 12.8. The molecule has 0 saturated carbocycles. The number of ether oxygens (including phenoxy) is 1. The molecule has 1 amide bonds. The number of nitrogens with one attached hydrogen (secondary N) is 2. The second kappa shape index (κ2) is 10.3. The van der Waals surface area contributed by atoms with Gasteiger partial charge in [-0.05, 0) is 37.0 Å². The number of anilines is 1. The second-order valence-corrected chi connectivity index (χ2v) is 11.4. The second-order valence-electron chi connectivity index (χ2n) is 9.65. The van der Waals surface area contributed by atoms with Crippen molar-refractivity contribution < 1.29 is 31.1 Å². The minimum atomic E-state index is -4.65. The lowest BCUT2D eigenvalue weighted by molar-refractivity contribution is -0.147. The Morgan fingerprint density at radius 2 is 1.86 bits per heavy atom. The van der Waals surface area contributed by atoms with Crippen LogP contribution in [0.25, 0.3) is 11.0 Å². The maximum atomic E-state index is 13.7. The number of aromatic nitrogens is 2. The molecule has 9 nitrogen and oxygen atoms in total. The molecule has 0 atom stereocenters. The Bertz CT molecular complexity index is 1150. The van der Waals surface area contributed by atoms with E-state index < -0.39 is 27.6 Å². The molecule has 0 radical (unpaired) electrons. The van der Waals surface area contributed by atoms with Crippen LogP contribution < -0.4 is 14.3 Å². The number of benzene rings is 1. The Morgan fingerprint density at radius 3 is 2.46 bits per heavy atom. The minimum Gasteiger partial charge on any atom is -0.381 e. The fraction of sp³-hybridized carbons (Fsp3) is 0.636. The molecule has 1 saturated heterocycles. The third-order valence-corrected chi connectivity index (χ3v) is 7.37.